The standard InChI is InChI=1S/C21H29Cl2N3O3/c1-21(2,3)26-10-8-13(9-11-26)24-19(27)20(28)25-16-5-4-12-29-18-14(16)6-7-15(22)17(18)23/h6-7,13,16H,4-5,8-12H2,1-3H3,(H,24,27)(H,25,28). The SMILES string of the molecule is CC(C)(C)N1CCC(NC(=O)C(=O)NC2CCCOc3c2ccc(Cl)c3Cl)CC1. The first kappa shape index (κ1) is 22.2. The first-order valence-corrected chi connectivity index (χ1v) is 10.9. The van der Waals surface area contributed by atoms with Crippen molar-refractivity contribution in [1.29, 1.82) is 0 Å². The summed E-state index contributed by atoms with van der Waals surface area (Å²) in [6.07, 6.45) is 3.07. The second kappa shape index (κ2) is 9.11. The Morgan fingerprint density at radius 1 is 1.07 bits per heavy atom. The molecule has 2 heterocycles. The van der Waals surface area contributed by atoms with Crippen molar-refractivity contribution in [3.8, 4) is 5.75 Å². The number of rotatable bonds is 2. The summed E-state index contributed by atoms with van der Waals surface area (Å²) in [5.74, 6) is -0.741. The molecule has 6 nitrogen and oxygen atoms in total. The first-order chi connectivity index (χ1) is 13.7. The van der Waals surface area contributed by atoms with Gasteiger partial charge in [-0.05, 0) is 52.5 Å². The van der Waals surface area contributed by atoms with Gasteiger partial charge in [0.05, 0.1) is 17.7 Å². The van der Waals surface area contributed by atoms with Gasteiger partial charge in [-0.3, -0.25) is 14.5 Å². The van der Waals surface area contributed by atoms with Gasteiger partial charge >= 0.3 is 11.8 Å². The topological polar surface area (TPSA) is 70.7 Å². The lowest BCUT2D eigenvalue weighted by Crippen LogP contribution is -2.52. The molecule has 3 rings (SSSR count). The van der Waals surface area contributed by atoms with Crippen molar-refractivity contribution in [2.45, 2.75) is 64.1 Å². The molecule has 2 amide bonds. The summed E-state index contributed by atoms with van der Waals surface area (Å²) in [4.78, 5) is 27.4. The Labute approximate surface area is 182 Å². The molecule has 1 aromatic carbocycles. The van der Waals surface area contributed by atoms with Crippen LogP contribution < -0.4 is 15.4 Å². The number of nitrogens with zero attached hydrogens (tertiary/aromatic N) is 1. The molecule has 0 saturated carbocycles. The van der Waals surface area contributed by atoms with Crippen molar-refractivity contribution in [2.24, 2.45) is 0 Å². The average Bonchev–Trinajstić information content (AvgIpc) is 2.87. The summed E-state index contributed by atoms with van der Waals surface area (Å²) in [7, 11) is 0. The van der Waals surface area contributed by atoms with Gasteiger partial charge < -0.3 is 15.4 Å². The lowest BCUT2D eigenvalue weighted by atomic mass is 9.98. The fourth-order valence-electron chi connectivity index (χ4n) is 3.90. The monoisotopic (exact) mass is 441 g/mol. The molecule has 0 aromatic heterocycles. The zero-order chi connectivity index (χ0) is 21.2. The summed E-state index contributed by atoms with van der Waals surface area (Å²) in [5.41, 5.74) is 0.863. The summed E-state index contributed by atoms with van der Waals surface area (Å²) in [6, 6.07) is 3.15. The Morgan fingerprint density at radius 2 is 1.72 bits per heavy atom. The third kappa shape index (κ3) is 5.36. The van der Waals surface area contributed by atoms with E-state index in [2.05, 4.69) is 36.3 Å². The number of likely N-dealkylation sites (tertiary alicyclic amines) is 1. The molecule has 1 unspecified atom stereocenters. The van der Waals surface area contributed by atoms with Gasteiger partial charge in [0.1, 0.15) is 10.8 Å². The van der Waals surface area contributed by atoms with Crippen LogP contribution in [0.1, 0.15) is 58.1 Å². The number of nitrogens with one attached hydrogen (secondary N) is 2. The zero-order valence-electron chi connectivity index (χ0n) is 17.2. The normalized spacial score (nSPS) is 20.9. The predicted molar refractivity (Wildman–Crippen MR) is 115 cm³/mol. The van der Waals surface area contributed by atoms with Crippen molar-refractivity contribution < 1.29 is 14.3 Å². The van der Waals surface area contributed by atoms with Gasteiger partial charge in [0.2, 0.25) is 0 Å². The molecular formula is C21H29Cl2N3O3. The largest absolute Gasteiger partial charge is 0.492 e. The molecular weight excluding hydrogens is 413 g/mol. The third-order valence-electron chi connectivity index (χ3n) is 5.63. The van der Waals surface area contributed by atoms with E-state index in [1.54, 1.807) is 12.1 Å². The number of halogens is 2. The molecule has 2 N–H and O–H groups in total. The first-order valence-electron chi connectivity index (χ1n) is 10.1. The van der Waals surface area contributed by atoms with Crippen molar-refractivity contribution >= 4 is 35.0 Å². The number of hydrogen-bond acceptors (Lipinski definition) is 4. The van der Waals surface area contributed by atoms with Crippen molar-refractivity contribution in [1.82, 2.24) is 15.5 Å². The maximum atomic E-state index is 12.5. The Balaban J connectivity index is 1.59. The van der Waals surface area contributed by atoms with Crippen LogP contribution in [0.5, 0.6) is 5.75 Å². The Bertz CT molecular complexity index is 771. The average molecular weight is 442 g/mol. The maximum absolute atomic E-state index is 12.5. The van der Waals surface area contributed by atoms with Crippen LogP contribution in [0.2, 0.25) is 10.0 Å². The number of hydrogen-bond donors (Lipinski definition) is 2. The fraction of sp³-hybridized carbons (Fsp3) is 0.619. The van der Waals surface area contributed by atoms with Crippen molar-refractivity contribution in [2.75, 3.05) is 19.7 Å². The molecule has 0 spiro atoms. The predicted octanol–water partition coefficient (Wildman–Crippen LogP) is 3.70. The van der Waals surface area contributed by atoms with E-state index in [1.807, 2.05) is 0 Å². The quantitative estimate of drug-likeness (QED) is 0.686. The van der Waals surface area contributed by atoms with Crippen LogP contribution in [0.4, 0.5) is 0 Å². The molecule has 8 heteroatoms. The third-order valence-corrected chi connectivity index (χ3v) is 6.42. The minimum atomic E-state index is -0.632. The molecule has 2 aliphatic rings. The highest BCUT2D eigenvalue weighted by atomic mass is 35.5. The van der Waals surface area contributed by atoms with E-state index in [0.717, 1.165) is 37.9 Å². The molecule has 0 bridgehead atoms. The number of amides is 2. The van der Waals surface area contributed by atoms with E-state index in [0.29, 0.717) is 28.8 Å². The van der Waals surface area contributed by atoms with Crippen molar-refractivity contribution in [3.05, 3.63) is 27.7 Å². The van der Waals surface area contributed by atoms with E-state index in [9.17, 15) is 9.59 Å². The van der Waals surface area contributed by atoms with E-state index >= 15 is 0 Å². The van der Waals surface area contributed by atoms with Gasteiger partial charge in [-0.25, -0.2) is 0 Å². The fourth-order valence-corrected chi connectivity index (χ4v) is 4.28. The number of carbonyl (C=O) groups excluding carboxylic acids is 2. The Kier molecular flexibility index (Phi) is 6.97. The van der Waals surface area contributed by atoms with Crippen LogP contribution in [0.3, 0.4) is 0 Å². The van der Waals surface area contributed by atoms with Gasteiger partial charge in [0.15, 0.2) is 0 Å². The summed E-state index contributed by atoms with van der Waals surface area (Å²) in [5, 5.41) is 6.46. The zero-order valence-corrected chi connectivity index (χ0v) is 18.7. The van der Waals surface area contributed by atoms with E-state index < -0.39 is 11.8 Å². The van der Waals surface area contributed by atoms with E-state index in [1.165, 1.54) is 0 Å². The van der Waals surface area contributed by atoms with Crippen LogP contribution in [-0.4, -0.2) is 48.0 Å². The van der Waals surface area contributed by atoms with Crippen LogP contribution >= 0.6 is 23.2 Å². The van der Waals surface area contributed by atoms with Crippen LogP contribution in [0.15, 0.2) is 12.1 Å². The summed E-state index contributed by atoms with van der Waals surface area (Å²) in [6.45, 7) is 8.86. The second-order valence-electron chi connectivity index (χ2n) is 8.70. The highest BCUT2D eigenvalue weighted by Gasteiger charge is 2.30. The van der Waals surface area contributed by atoms with Crippen molar-refractivity contribution in [3.63, 3.8) is 0 Å². The van der Waals surface area contributed by atoms with Crippen LogP contribution in [0.25, 0.3) is 0 Å². The molecule has 1 atom stereocenters. The molecule has 29 heavy (non-hydrogen) atoms. The number of piperidine rings is 1. The van der Waals surface area contributed by atoms with Gasteiger partial charge in [-0.1, -0.05) is 29.3 Å². The highest BCUT2D eigenvalue weighted by molar-refractivity contribution is 6.43. The summed E-state index contributed by atoms with van der Waals surface area (Å²) >= 11 is 12.4. The number of benzene rings is 1. The van der Waals surface area contributed by atoms with Crippen LogP contribution in [-0.2, 0) is 9.59 Å². The molecule has 2 aliphatic heterocycles. The highest BCUT2D eigenvalue weighted by Crippen LogP contribution is 2.40. The summed E-state index contributed by atoms with van der Waals surface area (Å²) < 4.78 is 5.72. The molecule has 0 radical (unpaired) electrons. The maximum Gasteiger partial charge on any atom is 0.309 e. The van der Waals surface area contributed by atoms with Gasteiger partial charge in [0.25, 0.3) is 0 Å². The Morgan fingerprint density at radius 3 is 2.38 bits per heavy atom. The minimum absolute atomic E-state index is 0.0184. The van der Waals surface area contributed by atoms with Crippen LogP contribution in [0, 0.1) is 0 Å². The number of fused-ring (bicyclic) bond motifs is 1. The molecule has 1 aromatic rings. The van der Waals surface area contributed by atoms with Gasteiger partial charge in [0, 0.05) is 30.2 Å². The van der Waals surface area contributed by atoms with Gasteiger partial charge in [-0.2, -0.15) is 0 Å². The van der Waals surface area contributed by atoms with E-state index in [-0.39, 0.29) is 17.6 Å². The molecule has 1 fully saturated rings. The smallest absolute Gasteiger partial charge is 0.309 e. The minimum Gasteiger partial charge on any atom is -0.492 e. The lowest BCUT2D eigenvalue weighted by Gasteiger charge is -2.40. The molecule has 1 saturated heterocycles. The second-order valence-corrected chi connectivity index (χ2v) is 9.49. The molecule has 160 valence electrons. The van der Waals surface area contributed by atoms with Gasteiger partial charge in [-0.15, -0.1) is 0 Å². The lowest BCUT2D eigenvalue weighted by molar-refractivity contribution is -0.140. The molecule has 0 aliphatic carbocycles. The van der Waals surface area contributed by atoms with E-state index in [4.69, 9.17) is 27.9 Å². The number of carbonyl (C=O) groups is 2. The Hall–Kier alpha value is -1.50. The number of ether oxygens (including phenoxy) is 1.